The van der Waals surface area contributed by atoms with E-state index in [-0.39, 0.29) is 36.9 Å². The van der Waals surface area contributed by atoms with Gasteiger partial charge in [0.15, 0.2) is 11.2 Å². The van der Waals surface area contributed by atoms with E-state index in [1.165, 1.54) is 23.2 Å². The van der Waals surface area contributed by atoms with Crippen molar-refractivity contribution in [2.45, 2.75) is 38.8 Å². The van der Waals surface area contributed by atoms with E-state index < -0.39 is 23.7 Å². The van der Waals surface area contributed by atoms with Gasteiger partial charge >= 0.3 is 5.69 Å². The van der Waals surface area contributed by atoms with Gasteiger partial charge in [0.05, 0.1) is 13.8 Å². The molecule has 0 aromatic carbocycles. The van der Waals surface area contributed by atoms with Gasteiger partial charge in [0.2, 0.25) is 0 Å². The summed E-state index contributed by atoms with van der Waals surface area (Å²) in [5, 5.41) is 9.50. The number of hydrogen-bond acceptors (Lipinski definition) is 4. The third kappa shape index (κ3) is 2.53. The maximum atomic E-state index is 12.5. The van der Waals surface area contributed by atoms with Crippen molar-refractivity contribution in [1.82, 2.24) is 18.7 Å². The van der Waals surface area contributed by atoms with Gasteiger partial charge in [-0.2, -0.15) is 0 Å². The lowest BCUT2D eigenvalue weighted by molar-refractivity contribution is 0.180. The van der Waals surface area contributed by atoms with Crippen LogP contribution in [0.5, 0.6) is 0 Å². The van der Waals surface area contributed by atoms with Crippen LogP contribution < -0.4 is 11.2 Å². The molecule has 20 heavy (non-hydrogen) atoms. The van der Waals surface area contributed by atoms with Crippen molar-refractivity contribution in [1.29, 1.82) is 0 Å². The van der Waals surface area contributed by atoms with Crippen LogP contribution in [0.25, 0.3) is 11.2 Å². The Bertz CT molecular complexity index is 892. The van der Waals surface area contributed by atoms with Crippen LogP contribution in [-0.4, -0.2) is 29.9 Å². The van der Waals surface area contributed by atoms with Crippen molar-refractivity contribution in [3.63, 3.8) is 0 Å². The van der Waals surface area contributed by atoms with Crippen LogP contribution in [0.3, 0.4) is 0 Å². The molecule has 7 heteroatoms. The molecule has 0 amide bonds. The number of aryl methyl sites for hydroxylation is 2. The highest BCUT2D eigenvalue weighted by Gasteiger charge is 2.14. The summed E-state index contributed by atoms with van der Waals surface area (Å²) in [6.07, 6.45) is -4.68. The molecule has 0 saturated carbocycles. The zero-order chi connectivity index (χ0) is 18.4. The van der Waals surface area contributed by atoms with Crippen LogP contribution in [0.2, 0.25) is 0 Å². The van der Waals surface area contributed by atoms with Gasteiger partial charge in [0.1, 0.15) is 1.37 Å². The number of imidazole rings is 1. The van der Waals surface area contributed by atoms with Crippen LogP contribution >= 0.6 is 0 Å². The molecule has 0 aliphatic rings. The standard InChI is InChI=1S/C13H20N4O3/c1-9(18)6-4-5-7-17-12(19)10-11(14-8-15(10)2)16(3)13(17)20/h8-9,18H,4-7H2,1-3H3/t9-/m0/s1/i6D2,8D,9D. The molecule has 0 bridgehead atoms. The summed E-state index contributed by atoms with van der Waals surface area (Å²) >= 11 is 0. The molecule has 110 valence electrons. The predicted molar refractivity (Wildman–Crippen MR) is 75.7 cm³/mol. The molecule has 0 fully saturated rings. The van der Waals surface area contributed by atoms with Crippen molar-refractivity contribution in [2.24, 2.45) is 14.1 Å². The summed E-state index contributed by atoms with van der Waals surface area (Å²) in [6.45, 7) is 0.991. The first kappa shape index (κ1) is 9.93. The van der Waals surface area contributed by atoms with Gasteiger partial charge in [-0.3, -0.25) is 13.9 Å². The van der Waals surface area contributed by atoms with E-state index in [1.54, 1.807) is 0 Å². The van der Waals surface area contributed by atoms with Crippen molar-refractivity contribution in [3.05, 3.63) is 27.1 Å². The molecule has 0 unspecified atom stereocenters. The molecule has 2 rings (SSSR count). The molecular weight excluding hydrogens is 260 g/mol. The lowest BCUT2D eigenvalue weighted by Crippen LogP contribution is -2.39. The summed E-state index contributed by atoms with van der Waals surface area (Å²) < 4.78 is 33.8. The number of rotatable bonds is 5. The van der Waals surface area contributed by atoms with Gasteiger partial charge < -0.3 is 9.67 Å². The van der Waals surface area contributed by atoms with Gasteiger partial charge in [0, 0.05) is 23.4 Å². The number of aromatic nitrogens is 4. The molecule has 2 heterocycles. The zero-order valence-electron chi connectivity index (χ0n) is 15.7. The molecule has 7 nitrogen and oxygen atoms in total. The van der Waals surface area contributed by atoms with E-state index in [4.69, 9.17) is 5.48 Å². The van der Waals surface area contributed by atoms with Crippen LogP contribution in [0, 0.1) is 0 Å². The summed E-state index contributed by atoms with van der Waals surface area (Å²) in [6, 6.07) is 0. The minimum absolute atomic E-state index is 0.0600. The van der Waals surface area contributed by atoms with E-state index in [2.05, 4.69) is 4.98 Å². The first-order valence-electron chi connectivity index (χ1n) is 8.23. The largest absolute Gasteiger partial charge is 0.393 e. The molecule has 0 aliphatic carbocycles. The van der Waals surface area contributed by atoms with Gasteiger partial charge in [-0.1, -0.05) is 0 Å². The van der Waals surface area contributed by atoms with Crippen LogP contribution in [0.15, 0.2) is 15.9 Å². The fourth-order valence-electron chi connectivity index (χ4n) is 2.04. The smallest absolute Gasteiger partial charge is 0.332 e. The fraction of sp³-hybridized carbons (Fsp3) is 0.615. The van der Waals surface area contributed by atoms with Crippen molar-refractivity contribution < 1.29 is 10.6 Å². The van der Waals surface area contributed by atoms with E-state index in [1.807, 2.05) is 0 Å². The summed E-state index contributed by atoms with van der Waals surface area (Å²) in [5.41, 5.74) is -0.959. The highest BCUT2D eigenvalue weighted by atomic mass is 16.3. The van der Waals surface area contributed by atoms with Crippen molar-refractivity contribution in [2.75, 3.05) is 0 Å². The molecule has 2 aromatic rings. The Morgan fingerprint density at radius 3 is 2.85 bits per heavy atom. The van der Waals surface area contributed by atoms with E-state index in [9.17, 15) is 14.7 Å². The second kappa shape index (κ2) is 5.62. The normalized spacial score (nSPS) is 18.2. The first-order valence-corrected chi connectivity index (χ1v) is 6.23. The lowest BCUT2D eigenvalue weighted by atomic mass is 10.2. The third-order valence-electron chi connectivity index (χ3n) is 3.08. The maximum Gasteiger partial charge on any atom is 0.332 e. The third-order valence-corrected chi connectivity index (χ3v) is 3.08. The SMILES string of the molecule is [2H]c1nc2c(c(=O)n(CCCC([2H])([2H])[C@]([2H])(C)O)c(=O)n2C)n1C. The van der Waals surface area contributed by atoms with Gasteiger partial charge in [-0.15, -0.1) is 0 Å². The number of hydrogen-bond donors (Lipinski definition) is 1. The number of nitrogens with zero attached hydrogens (tertiary/aromatic N) is 4. The Kier molecular flexibility index (Phi) is 2.79. The van der Waals surface area contributed by atoms with Gasteiger partial charge in [-0.25, -0.2) is 9.78 Å². The summed E-state index contributed by atoms with van der Waals surface area (Å²) in [7, 11) is 2.95. The summed E-state index contributed by atoms with van der Waals surface area (Å²) in [5.74, 6) is 0. The molecule has 2 aromatic heterocycles. The lowest BCUT2D eigenvalue weighted by Gasteiger charge is -2.09. The Morgan fingerprint density at radius 2 is 2.20 bits per heavy atom. The molecule has 0 radical (unpaired) electrons. The summed E-state index contributed by atoms with van der Waals surface area (Å²) in [4.78, 5) is 28.7. The fourth-order valence-corrected chi connectivity index (χ4v) is 2.04. The molecule has 1 atom stereocenters. The predicted octanol–water partition coefficient (Wildman–Crippen LogP) is -0.0152. The topological polar surface area (TPSA) is 82.1 Å². The Hall–Kier alpha value is -1.89. The van der Waals surface area contributed by atoms with E-state index >= 15 is 0 Å². The average Bonchev–Trinajstić information content (AvgIpc) is 2.75. The first-order chi connectivity index (χ1) is 10.9. The number of fused-ring (bicyclic) bond motifs is 1. The zero-order valence-corrected chi connectivity index (χ0v) is 11.7. The van der Waals surface area contributed by atoms with Gasteiger partial charge in [-0.05, 0) is 26.1 Å². The second-order valence-corrected chi connectivity index (χ2v) is 4.61. The molecule has 1 N–H and O–H groups in total. The highest BCUT2D eigenvalue weighted by Crippen LogP contribution is 2.04. The van der Waals surface area contributed by atoms with Crippen molar-refractivity contribution >= 4 is 11.2 Å². The highest BCUT2D eigenvalue weighted by molar-refractivity contribution is 5.69. The van der Waals surface area contributed by atoms with Gasteiger partial charge in [0.25, 0.3) is 5.56 Å². The van der Waals surface area contributed by atoms with E-state index in [0.717, 1.165) is 11.5 Å². The quantitative estimate of drug-likeness (QED) is 0.837. The maximum absolute atomic E-state index is 12.5. The molecular formula is C13H20N4O3. The van der Waals surface area contributed by atoms with Crippen LogP contribution in [-0.2, 0) is 20.6 Å². The number of aliphatic hydroxyl groups is 1. The molecule has 0 saturated heterocycles. The van der Waals surface area contributed by atoms with Crippen LogP contribution in [0.1, 0.15) is 31.6 Å². The Morgan fingerprint density at radius 1 is 1.50 bits per heavy atom. The minimum Gasteiger partial charge on any atom is -0.393 e. The average molecular weight is 284 g/mol. The van der Waals surface area contributed by atoms with E-state index in [0.29, 0.717) is 0 Å². The Labute approximate surface area is 121 Å². The monoisotopic (exact) mass is 284 g/mol. The van der Waals surface area contributed by atoms with Crippen LogP contribution in [0.4, 0.5) is 0 Å². The minimum atomic E-state index is -2.27. The molecule has 0 spiro atoms. The van der Waals surface area contributed by atoms with Crippen molar-refractivity contribution in [3.8, 4) is 0 Å². The molecule has 0 aliphatic heterocycles. The second-order valence-electron chi connectivity index (χ2n) is 4.61. The Balaban J connectivity index is 2.39.